The number of alkyl halides is 6. The van der Waals surface area contributed by atoms with Crippen LogP contribution in [0.4, 0.5) is 26.3 Å². The summed E-state index contributed by atoms with van der Waals surface area (Å²) in [6.07, 6.45) is -12.5. The fourth-order valence-corrected chi connectivity index (χ4v) is 1.68. The standard InChI is InChI=1S/C9H9F6NO3/c1-3-4(2)6(18)16(5(3)17)7(19,8(10,11)12)9(13,14)15/h3-4,19H,1-2H3. The van der Waals surface area contributed by atoms with Crippen molar-refractivity contribution in [3.63, 3.8) is 0 Å². The molecule has 0 saturated carbocycles. The minimum absolute atomic E-state index is 1.01. The van der Waals surface area contributed by atoms with Gasteiger partial charge in [0.1, 0.15) is 0 Å². The van der Waals surface area contributed by atoms with Gasteiger partial charge in [-0.15, -0.1) is 0 Å². The van der Waals surface area contributed by atoms with Gasteiger partial charge < -0.3 is 5.11 Å². The molecule has 1 saturated heterocycles. The summed E-state index contributed by atoms with van der Waals surface area (Å²) in [6, 6.07) is 0. The molecule has 0 aromatic heterocycles. The van der Waals surface area contributed by atoms with Crippen molar-refractivity contribution in [3.8, 4) is 0 Å². The highest BCUT2D eigenvalue weighted by Gasteiger charge is 2.78. The SMILES string of the molecule is CC1C(=O)N(C(O)(C(F)(F)F)C(F)(F)F)C(=O)C1C. The Bertz CT molecular complexity index is 381. The number of likely N-dealkylation sites (tertiary alicyclic amines) is 1. The van der Waals surface area contributed by atoms with Gasteiger partial charge in [0.15, 0.2) is 0 Å². The van der Waals surface area contributed by atoms with E-state index in [9.17, 15) is 35.9 Å². The van der Waals surface area contributed by atoms with Gasteiger partial charge in [-0.2, -0.15) is 26.3 Å². The van der Waals surface area contributed by atoms with Crippen LogP contribution in [0.15, 0.2) is 0 Å². The number of amides is 2. The summed E-state index contributed by atoms with van der Waals surface area (Å²) in [6.45, 7) is 2.02. The van der Waals surface area contributed by atoms with Crippen LogP contribution in [0.5, 0.6) is 0 Å². The van der Waals surface area contributed by atoms with E-state index < -0.39 is 46.6 Å². The molecule has 0 aliphatic carbocycles. The van der Waals surface area contributed by atoms with Crippen LogP contribution in [0, 0.1) is 11.8 Å². The zero-order valence-electron chi connectivity index (χ0n) is 9.63. The van der Waals surface area contributed by atoms with E-state index in [-0.39, 0.29) is 0 Å². The predicted octanol–water partition coefficient (Wildman–Crippen LogP) is 1.44. The van der Waals surface area contributed by atoms with Crippen molar-refractivity contribution < 1.29 is 41.0 Å². The Morgan fingerprint density at radius 1 is 0.895 bits per heavy atom. The molecule has 0 aromatic rings. The Hall–Kier alpha value is -1.32. The first-order chi connectivity index (χ1) is 8.26. The first-order valence-electron chi connectivity index (χ1n) is 5.00. The van der Waals surface area contributed by atoms with Crippen LogP contribution >= 0.6 is 0 Å². The van der Waals surface area contributed by atoms with E-state index in [0.29, 0.717) is 0 Å². The van der Waals surface area contributed by atoms with E-state index in [2.05, 4.69) is 0 Å². The molecule has 110 valence electrons. The van der Waals surface area contributed by atoms with Gasteiger partial charge in [0.25, 0.3) is 0 Å². The lowest BCUT2D eigenvalue weighted by atomic mass is 10.00. The topological polar surface area (TPSA) is 57.6 Å². The van der Waals surface area contributed by atoms with Gasteiger partial charge >= 0.3 is 18.1 Å². The van der Waals surface area contributed by atoms with Crippen molar-refractivity contribution in [1.29, 1.82) is 0 Å². The number of carbonyl (C=O) groups is 2. The summed E-state index contributed by atoms with van der Waals surface area (Å²) in [4.78, 5) is 21.7. The van der Waals surface area contributed by atoms with E-state index in [1.165, 1.54) is 0 Å². The lowest BCUT2D eigenvalue weighted by Gasteiger charge is -2.38. The fourth-order valence-electron chi connectivity index (χ4n) is 1.68. The molecular weight excluding hydrogens is 284 g/mol. The number of aliphatic hydroxyl groups is 1. The van der Waals surface area contributed by atoms with Crippen LogP contribution in [0.1, 0.15) is 13.8 Å². The Morgan fingerprint density at radius 3 is 1.37 bits per heavy atom. The summed E-state index contributed by atoms with van der Waals surface area (Å²) in [5.74, 6) is -6.17. The van der Waals surface area contributed by atoms with E-state index in [0.717, 1.165) is 13.8 Å². The first-order valence-corrected chi connectivity index (χ1v) is 5.00. The number of hydrogen-bond donors (Lipinski definition) is 1. The van der Waals surface area contributed by atoms with Gasteiger partial charge in [-0.3, -0.25) is 9.59 Å². The highest BCUT2D eigenvalue weighted by Crippen LogP contribution is 2.48. The molecule has 0 bridgehead atoms. The van der Waals surface area contributed by atoms with E-state index >= 15 is 0 Å². The molecule has 0 radical (unpaired) electrons. The Balaban J connectivity index is 3.45. The number of halogens is 6. The average molecular weight is 293 g/mol. The van der Waals surface area contributed by atoms with Crippen molar-refractivity contribution in [3.05, 3.63) is 0 Å². The van der Waals surface area contributed by atoms with E-state index in [1.54, 1.807) is 0 Å². The van der Waals surface area contributed by atoms with Crippen LogP contribution in [-0.4, -0.2) is 39.9 Å². The minimum Gasteiger partial charge on any atom is -0.356 e. The molecular formula is C9H9F6NO3. The van der Waals surface area contributed by atoms with Crippen molar-refractivity contribution in [1.82, 2.24) is 4.90 Å². The van der Waals surface area contributed by atoms with Gasteiger partial charge in [-0.05, 0) is 0 Å². The Morgan fingerprint density at radius 2 is 1.16 bits per heavy atom. The number of carbonyl (C=O) groups excluding carboxylic acids is 2. The number of nitrogens with zero attached hydrogens (tertiary/aromatic N) is 1. The monoisotopic (exact) mass is 293 g/mol. The molecule has 10 heteroatoms. The van der Waals surface area contributed by atoms with Crippen LogP contribution in [0.3, 0.4) is 0 Å². The largest absolute Gasteiger partial charge is 0.446 e. The molecule has 2 atom stereocenters. The minimum atomic E-state index is -6.25. The third kappa shape index (κ3) is 1.97. The van der Waals surface area contributed by atoms with Crippen LogP contribution in [0.2, 0.25) is 0 Å². The zero-order chi connectivity index (χ0) is 15.4. The van der Waals surface area contributed by atoms with Crippen LogP contribution < -0.4 is 0 Å². The highest BCUT2D eigenvalue weighted by molar-refractivity contribution is 6.05. The molecule has 19 heavy (non-hydrogen) atoms. The maximum Gasteiger partial charge on any atom is 0.446 e. The van der Waals surface area contributed by atoms with Gasteiger partial charge in [-0.1, -0.05) is 13.8 Å². The normalized spacial score (nSPS) is 26.3. The lowest BCUT2D eigenvalue weighted by Crippen LogP contribution is -2.69. The maximum absolute atomic E-state index is 12.5. The second-order valence-electron chi connectivity index (χ2n) is 4.26. The van der Waals surface area contributed by atoms with E-state index in [4.69, 9.17) is 5.11 Å². The molecule has 4 nitrogen and oxygen atoms in total. The maximum atomic E-state index is 12.5. The molecule has 0 aromatic carbocycles. The summed E-state index contributed by atoms with van der Waals surface area (Å²) in [5, 5.41) is 8.99. The molecule has 0 spiro atoms. The molecule has 1 rings (SSSR count). The van der Waals surface area contributed by atoms with E-state index in [1.807, 2.05) is 0 Å². The molecule has 1 fully saturated rings. The van der Waals surface area contributed by atoms with Crippen molar-refractivity contribution in [2.75, 3.05) is 0 Å². The second-order valence-corrected chi connectivity index (χ2v) is 4.26. The van der Waals surface area contributed by atoms with Gasteiger partial charge in [0, 0.05) is 11.8 Å². The quantitative estimate of drug-likeness (QED) is 0.588. The summed E-state index contributed by atoms with van der Waals surface area (Å²) >= 11 is 0. The van der Waals surface area contributed by atoms with Gasteiger partial charge in [0.2, 0.25) is 11.8 Å². The molecule has 1 aliphatic heterocycles. The number of rotatable bonds is 1. The second kappa shape index (κ2) is 4.09. The molecule has 1 N–H and O–H groups in total. The zero-order valence-corrected chi connectivity index (χ0v) is 9.63. The third-order valence-electron chi connectivity index (χ3n) is 3.08. The van der Waals surface area contributed by atoms with Crippen molar-refractivity contribution in [2.24, 2.45) is 11.8 Å². The fraction of sp³-hybridized carbons (Fsp3) is 0.778. The molecule has 1 aliphatic rings. The molecule has 2 unspecified atom stereocenters. The summed E-state index contributed by atoms with van der Waals surface area (Å²) in [5.41, 5.74) is -5.51. The lowest BCUT2D eigenvalue weighted by molar-refractivity contribution is -0.402. The van der Waals surface area contributed by atoms with Crippen LogP contribution in [-0.2, 0) is 9.59 Å². The third-order valence-corrected chi connectivity index (χ3v) is 3.08. The van der Waals surface area contributed by atoms with Crippen molar-refractivity contribution in [2.45, 2.75) is 31.9 Å². The van der Waals surface area contributed by atoms with Crippen LogP contribution in [0.25, 0.3) is 0 Å². The smallest absolute Gasteiger partial charge is 0.356 e. The number of imide groups is 1. The van der Waals surface area contributed by atoms with Gasteiger partial charge in [0.05, 0.1) is 0 Å². The molecule has 2 amide bonds. The summed E-state index contributed by atoms with van der Waals surface area (Å²) in [7, 11) is 0. The highest BCUT2D eigenvalue weighted by atomic mass is 19.4. The molecule has 1 heterocycles. The average Bonchev–Trinajstić information content (AvgIpc) is 2.39. The van der Waals surface area contributed by atoms with Crippen molar-refractivity contribution >= 4 is 11.8 Å². The first kappa shape index (κ1) is 15.7. The Labute approximate surface area is 103 Å². The Kier molecular flexibility index (Phi) is 3.38. The van der Waals surface area contributed by atoms with Gasteiger partial charge in [-0.25, -0.2) is 4.90 Å². The summed E-state index contributed by atoms with van der Waals surface area (Å²) < 4.78 is 75.2. The predicted molar refractivity (Wildman–Crippen MR) is 47.2 cm³/mol. The number of hydrogen-bond acceptors (Lipinski definition) is 3.